The normalized spacial score (nSPS) is 11.3. The van der Waals surface area contributed by atoms with Crippen LogP contribution in [0.3, 0.4) is 0 Å². The molecule has 0 bridgehead atoms. The number of hydrogen-bond donors (Lipinski definition) is 1. The van der Waals surface area contributed by atoms with Crippen molar-refractivity contribution >= 4 is 22.9 Å². The molecule has 1 heterocycles. The lowest BCUT2D eigenvalue weighted by atomic mass is 10.1. The summed E-state index contributed by atoms with van der Waals surface area (Å²) in [6.07, 6.45) is 0.837. The summed E-state index contributed by atoms with van der Waals surface area (Å²) in [6, 6.07) is 11.6. The Hall–Kier alpha value is -2.05. The largest absolute Gasteiger partial charge is 0.326 e. The fraction of sp³-hybridized carbons (Fsp3) is 0.235. The first-order valence-electron chi connectivity index (χ1n) is 6.65. The summed E-state index contributed by atoms with van der Waals surface area (Å²) in [5.74, 6) is 6.30. The number of benzene rings is 1. The Labute approximate surface area is 123 Å². The van der Waals surface area contributed by atoms with Crippen LogP contribution in [0.15, 0.2) is 41.8 Å². The molecule has 102 valence electrons. The van der Waals surface area contributed by atoms with Crippen LogP contribution in [0.25, 0.3) is 0 Å². The average molecular weight is 283 g/mol. The molecule has 0 unspecified atom stereocenters. The van der Waals surface area contributed by atoms with Gasteiger partial charge in [-0.05, 0) is 36.1 Å². The zero-order valence-electron chi connectivity index (χ0n) is 11.6. The highest BCUT2D eigenvalue weighted by Gasteiger charge is 2.10. The maximum atomic E-state index is 11.9. The quantitative estimate of drug-likeness (QED) is 0.843. The van der Waals surface area contributed by atoms with Crippen molar-refractivity contribution in [1.82, 2.24) is 0 Å². The molecule has 1 aromatic heterocycles. The maximum absolute atomic E-state index is 11.9. The monoisotopic (exact) mass is 283 g/mol. The van der Waals surface area contributed by atoms with Crippen molar-refractivity contribution in [1.29, 1.82) is 0 Å². The molecule has 0 aliphatic rings. The van der Waals surface area contributed by atoms with Crippen molar-refractivity contribution in [3.05, 3.63) is 52.2 Å². The fourth-order valence-corrected chi connectivity index (χ4v) is 2.18. The molecule has 1 N–H and O–H groups in total. The number of rotatable bonds is 3. The van der Waals surface area contributed by atoms with Crippen LogP contribution in [0.4, 0.5) is 5.69 Å². The standard InChI is InChI=1S/C17H17NOS/c1-3-13(2)17(19)18-15-7-4-6-14(12-15)9-10-16-8-5-11-20-16/h4-8,11-13H,3H2,1-2H3,(H,18,19)/t13-/m0/s1. The van der Waals surface area contributed by atoms with E-state index in [1.54, 1.807) is 11.3 Å². The summed E-state index contributed by atoms with van der Waals surface area (Å²) < 4.78 is 0. The van der Waals surface area contributed by atoms with E-state index >= 15 is 0 Å². The number of thiophene rings is 1. The maximum Gasteiger partial charge on any atom is 0.227 e. The molecular formula is C17H17NOS. The van der Waals surface area contributed by atoms with Gasteiger partial charge in [-0.25, -0.2) is 0 Å². The van der Waals surface area contributed by atoms with Gasteiger partial charge in [0.25, 0.3) is 0 Å². The molecule has 2 nitrogen and oxygen atoms in total. The molecule has 2 aromatic rings. The van der Waals surface area contributed by atoms with Crippen LogP contribution in [0.2, 0.25) is 0 Å². The van der Waals surface area contributed by atoms with Gasteiger partial charge in [-0.3, -0.25) is 4.79 Å². The van der Waals surface area contributed by atoms with E-state index in [-0.39, 0.29) is 11.8 Å². The Kier molecular flexibility index (Phi) is 4.97. The molecule has 0 saturated heterocycles. The predicted molar refractivity (Wildman–Crippen MR) is 84.8 cm³/mol. The molecule has 0 spiro atoms. The topological polar surface area (TPSA) is 29.1 Å². The van der Waals surface area contributed by atoms with Gasteiger partial charge in [0.15, 0.2) is 0 Å². The SMILES string of the molecule is CC[C@H](C)C(=O)Nc1cccc(C#Cc2cccs2)c1. The van der Waals surface area contributed by atoms with E-state index in [9.17, 15) is 4.79 Å². The number of amides is 1. The number of carbonyl (C=O) groups is 1. The van der Waals surface area contributed by atoms with Crippen molar-refractivity contribution in [2.45, 2.75) is 20.3 Å². The lowest BCUT2D eigenvalue weighted by Crippen LogP contribution is -2.19. The van der Waals surface area contributed by atoms with Crippen molar-refractivity contribution in [2.75, 3.05) is 5.32 Å². The molecule has 20 heavy (non-hydrogen) atoms. The molecule has 0 aliphatic heterocycles. The first kappa shape index (κ1) is 14.4. The van der Waals surface area contributed by atoms with Crippen LogP contribution in [-0.4, -0.2) is 5.91 Å². The van der Waals surface area contributed by atoms with Gasteiger partial charge >= 0.3 is 0 Å². The highest BCUT2D eigenvalue weighted by Crippen LogP contribution is 2.13. The van der Waals surface area contributed by atoms with E-state index in [0.29, 0.717) is 0 Å². The van der Waals surface area contributed by atoms with Crippen LogP contribution < -0.4 is 5.32 Å². The molecule has 2 rings (SSSR count). The summed E-state index contributed by atoms with van der Waals surface area (Å²) in [5, 5.41) is 4.93. The van der Waals surface area contributed by atoms with Crippen LogP contribution in [0.5, 0.6) is 0 Å². The number of nitrogens with one attached hydrogen (secondary N) is 1. The third-order valence-electron chi connectivity index (χ3n) is 3.04. The highest BCUT2D eigenvalue weighted by molar-refractivity contribution is 7.10. The van der Waals surface area contributed by atoms with Crippen LogP contribution >= 0.6 is 11.3 Å². The molecule has 0 saturated carbocycles. The van der Waals surface area contributed by atoms with Gasteiger partial charge in [0, 0.05) is 17.2 Å². The third-order valence-corrected chi connectivity index (χ3v) is 3.83. The summed E-state index contributed by atoms with van der Waals surface area (Å²) in [7, 11) is 0. The Morgan fingerprint density at radius 2 is 2.15 bits per heavy atom. The first-order valence-corrected chi connectivity index (χ1v) is 7.53. The molecular weight excluding hydrogens is 266 g/mol. The van der Waals surface area contributed by atoms with E-state index in [0.717, 1.165) is 22.5 Å². The second kappa shape index (κ2) is 6.93. The summed E-state index contributed by atoms with van der Waals surface area (Å²) >= 11 is 1.62. The zero-order chi connectivity index (χ0) is 14.4. The second-order valence-electron chi connectivity index (χ2n) is 4.61. The van der Waals surface area contributed by atoms with E-state index in [1.807, 2.05) is 55.6 Å². The van der Waals surface area contributed by atoms with Gasteiger partial charge in [0.1, 0.15) is 0 Å². The van der Waals surface area contributed by atoms with Crippen molar-refractivity contribution < 1.29 is 4.79 Å². The van der Waals surface area contributed by atoms with Gasteiger partial charge in [-0.1, -0.05) is 37.8 Å². The lowest BCUT2D eigenvalue weighted by molar-refractivity contribution is -0.119. The third kappa shape index (κ3) is 3.97. The smallest absolute Gasteiger partial charge is 0.227 e. The van der Waals surface area contributed by atoms with E-state index in [2.05, 4.69) is 17.2 Å². The lowest BCUT2D eigenvalue weighted by Gasteiger charge is -2.09. The molecule has 0 radical (unpaired) electrons. The minimum atomic E-state index is 0.0239. The predicted octanol–water partition coefficient (Wildman–Crippen LogP) is 4.13. The van der Waals surface area contributed by atoms with Crippen molar-refractivity contribution in [3.8, 4) is 11.8 Å². The van der Waals surface area contributed by atoms with Crippen LogP contribution in [-0.2, 0) is 4.79 Å². The molecule has 3 heteroatoms. The number of hydrogen-bond acceptors (Lipinski definition) is 2. The Morgan fingerprint density at radius 1 is 1.30 bits per heavy atom. The van der Waals surface area contributed by atoms with Gasteiger partial charge < -0.3 is 5.32 Å². The first-order chi connectivity index (χ1) is 9.69. The highest BCUT2D eigenvalue weighted by atomic mass is 32.1. The van der Waals surface area contributed by atoms with Gasteiger partial charge in [0.05, 0.1) is 4.88 Å². The Bertz CT molecular complexity index is 635. The van der Waals surface area contributed by atoms with Crippen LogP contribution in [0, 0.1) is 17.8 Å². The molecule has 1 aromatic carbocycles. The average Bonchev–Trinajstić information content (AvgIpc) is 2.98. The van der Waals surface area contributed by atoms with Gasteiger partial charge in [-0.2, -0.15) is 0 Å². The van der Waals surface area contributed by atoms with Gasteiger partial charge in [0.2, 0.25) is 5.91 Å². The Balaban J connectivity index is 2.10. The summed E-state index contributed by atoms with van der Waals surface area (Å²) in [5.41, 5.74) is 1.70. The van der Waals surface area contributed by atoms with Crippen molar-refractivity contribution in [3.63, 3.8) is 0 Å². The van der Waals surface area contributed by atoms with Crippen molar-refractivity contribution in [2.24, 2.45) is 5.92 Å². The molecule has 0 aliphatic carbocycles. The molecule has 1 amide bonds. The summed E-state index contributed by atoms with van der Waals surface area (Å²) in [6.45, 7) is 3.93. The van der Waals surface area contributed by atoms with E-state index < -0.39 is 0 Å². The van der Waals surface area contributed by atoms with Crippen LogP contribution in [0.1, 0.15) is 30.7 Å². The second-order valence-corrected chi connectivity index (χ2v) is 5.55. The minimum absolute atomic E-state index is 0.0239. The summed E-state index contributed by atoms with van der Waals surface area (Å²) in [4.78, 5) is 12.9. The fourth-order valence-electron chi connectivity index (χ4n) is 1.61. The number of anilines is 1. The van der Waals surface area contributed by atoms with E-state index in [1.165, 1.54) is 0 Å². The van der Waals surface area contributed by atoms with Gasteiger partial charge in [-0.15, -0.1) is 11.3 Å². The Morgan fingerprint density at radius 3 is 2.85 bits per heavy atom. The molecule has 0 fully saturated rings. The van der Waals surface area contributed by atoms with E-state index in [4.69, 9.17) is 0 Å². The minimum Gasteiger partial charge on any atom is -0.326 e. The molecule has 1 atom stereocenters. The zero-order valence-corrected chi connectivity index (χ0v) is 12.5. The number of carbonyl (C=O) groups excluding carboxylic acids is 1.